The number of anilines is 1. The highest BCUT2D eigenvalue weighted by Crippen LogP contribution is 2.18. The zero-order valence-electron chi connectivity index (χ0n) is 8.89. The van der Waals surface area contributed by atoms with Gasteiger partial charge in [-0.25, -0.2) is 9.97 Å². The molecule has 16 heavy (non-hydrogen) atoms. The molecule has 0 unspecified atom stereocenters. The average Bonchev–Trinajstić information content (AvgIpc) is 2.83. The van der Waals surface area contributed by atoms with E-state index in [0.29, 0.717) is 6.54 Å². The summed E-state index contributed by atoms with van der Waals surface area (Å²) in [5.74, 6) is 1.53. The molecule has 84 valence electrons. The summed E-state index contributed by atoms with van der Waals surface area (Å²) in [7, 11) is 0. The van der Waals surface area contributed by atoms with Crippen molar-refractivity contribution >= 4 is 5.82 Å². The largest absolute Gasteiger partial charge is 0.463 e. The van der Waals surface area contributed by atoms with E-state index in [4.69, 9.17) is 10.2 Å². The molecule has 0 aliphatic heterocycles. The van der Waals surface area contributed by atoms with E-state index < -0.39 is 0 Å². The molecule has 0 radical (unpaired) electrons. The molecule has 0 aliphatic carbocycles. The van der Waals surface area contributed by atoms with Crippen molar-refractivity contribution in [2.45, 2.75) is 6.42 Å². The molecule has 2 aromatic heterocycles. The maximum Gasteiger partial charge on any atom is 0.152 e. The topological polar surface area (TPSA) is 77.0 Å². The Morgan fingerprint density at radius 2 is 2.31 bits per heavy atom. The SMILES string of the molecule is NCCCNc1cc(-c2ccco2)ncn1. The normalized spacial score (nSPS) is 10.3. The highest BCUT2D eigenvalue weighted by molar-refractivity contribution is 5.56. The first-order valence-electron chi connectivity index (χ1n) is 5.20. The van der Waals surface area contributed by atoms with E-state index >= 15 is 0 Å². The standard InChI is InChI=1S/C11H14N4O/c12-4-2-5-13-11-7-9(14-8-15-11)10-3-1-6-16-10/h1,3,6-8H,2,4-5,12H2,(H,13,14,15). The van der Waals surface area contributed by atoms with Crippen molar-refractivity contribution in [3.8, 4) is 11.5 Å². The fourth-order valence-electron chi connectivity index (χ4n) is 1.33. The Labute approximate surface area is 93.7 Å². The van der Waals surface area contributed by atoms with E-state index in [1.165, 1.54) is 6.33 Å². The van der Waals surface area contributed by atoms with Crippen LogP contribution in [0, 0.1) is 0 Å². The van der Waals surface area contributed by atoms with Crippen LogP contribution in [-0.2, 0) is 0 Å². The summed E-state index contributed by atoms with van der Waals surface area (Å²) in [6.07, 6.45) is 4.06. The van der Waals surface area contributed by atoms with Gasteiger partial charge in [0.05, 0.1) is 6.26 Å². The fourth-order valence-corrected chi connectivity index (χ4v) is 1.33. The number of furan rings is 1. The molecule has 0 aromatic carbocycles. The van der Waals surface area contributed by atoms with Crippen LogP contribution in [0.5, 0.6) is 0 Å². The van der Waals surface area contributed by atoms with Gasteiger partial charge in [-0.3, -0.25) is 0 Å². The zero-order valence-corrected chi connectivity index (χ0v) is 8.89. The summed E-state index contributed by atoms with van der Waals surface area (Å²) in [6.45, 7) is 1.48. The van der Waals surface area contributed by atoms with E-state index in [1.807, 2.05) is 18.2 Å². The fraction of sp³-hybridized carbons (Fsp3) is 0.273. The Kier molecular flexibility index (Phi) is 3.50. The van der Waals surface area contributed by atoms with Crippen LogP contribution >= 0.6 is 0 Å². The van der Waals surface area contributed by atoms with Crippen molar-refractivity contribution in [3.63, 3.8) is 0 Å². The Balaban J connectivity index is 2.08. The molecule has 2 aromatic rings. The monoisotopic (exact) mass is 218 g/mol. The van der Waals surface area contributed by atoms with Gasteiger partial charge in [0, 0.05) is 12.6 Å². The third-order valence-corrected chi connectivity index (χ3v) is 2.13. The van der Waals surface area contributed by atoms with Crippen LogP contribution < -0.4 is 11.1 Å². The lowest BCUT2D eigenvalue weighted by atomic mass is 10.3. The van der Waals surface area contributed by atoms with Crippen LogP contribution in [0.25, 0.3) is 11.5 Å². The van der Waals surface area contributed by atoms with Gasteiger partial charge in [-0.2, -0.15) is 0 Å². The molecule has 0 bridgehead atoms. The third kappa shape index (κ3) is 2.58. The van der Waals surface area contributed by atoms with Gasteiger partial charge < -0.3 is 15.5 Å². The van der Waals surface area contributed by atoms with Crippen molar-refractivity contribution in [3.05, 3.63) is 30.8 Å². The van der Waals surface area contributed by atoms with Crippen LogP contribution in [0.2, 0.25) is 0 Å². The van der Waals surface area contributed by atoms with Gasteiger partial charge in [0.15, 0.2) is 5.76 Å². The summed E-state index contributed by atoms with van der Waals surface area (Å²) in [6, 6.07) is 5.56. The van der Waals surface area contributed by atoms with Crippen molar-refractivity contribution in [1.82, 2.24) is 9.97 Å². The average molecular weight is 218 g/mol. The molecule has 0 aliphatic rings. The molecular formula is C11H14N4O. The number of hydrogen-bond acceptors (Lipinski definition) is 5. The van der Waals surface area contributed by atoms with Crippen LogP contribution in [0.3, 0.4) is 0 Å². The summed E-state index contributed by atoms with van der Waals surface area (Å²) >= 11 is 0. The minimum atomic E-state index is 0.670. The minimum absolute atomic E-state index is 0.670. The molecule has 0 spiro atoms. The number of nitrogens with two attached hydrogens (primary N) is 1. The van der Waals surface area contributed by atoms with Gasteiger partial charge in [-0.1, -0.05) is 0 Å². The van der Waals surface area contributed by atoms with E-state index in [-0.39, 0.29) is 0 Å². The summed E-state index contributed by atoms with van der Waals surface area (Å²) < 4.78 is 5.26. The second-order valence-corrected chi connectivity index (χ2v) is 3.33. The molecule has 0 saturated carbocycles. The maximum atomic E-state index is 5.41. The third-order valence-electron chi connectivity index (χ3n) is 2.13. The number of rotatable bonds is 5. The number of nitrogens with one attached hydrogen (secondary N) is 1. The Morgan fingerprint density at radius 3 is 3.06 bits per heavy atom. The van der Waals surface area contributed by atoms with Crippen LogP contribution in [0.15, 0.2) is 35.2 Å². The Bertz CT molecular complexity index is 427. The molecule has 2 rings (SSSR count). The van der Waals surface area contributed by atoms with Crippen molar-refractivity contribution in [2.24, 2.45) is 5.73 Å². The second kappa shape index (κ2) is 5.27. The number of aromatic nitrogens is 2. The molecule has 5 heteroatoms. The molecule has 0 fully saturated rings. The first kappa shape index (κ1) is 10.6. The van der Waals surface area contributed by atoms with E-state index in [0.717, 1.165) is 30.2 Å². The van der Waals surface area contributed by atoms with Crippen molar-refractivity contribution < 1.29 is 4.42 Å². The summed E-state index contributed by atoms with van der Waals surface area (Å²) in [5.41, 5.74) is 6.19. The molecule has 0 atom stereocenters. The highest BCUT2D eigenvalue weighted by atomic mass is 16.3. The van der Waals surface area contributed by atoms with Crippen LogP contribution in [0.4, 0.5) is 5.82 Å². The lowest BCUT2D eigenvalue weighted by Crippen LogP contribution is -2.09. The molecule has 0 amide bonds. The van der Waals surface area contributed by atoms with Crippen molar-refractivity contribution in [2.75, 3.05) is 18.4 Å². The highest BCUT2D eigenvalue weighted by Gasteiger charge is 2.03. The predicted octanol–water partition coefficient (Wildman–Crippen LogP) is 1.50. The Hall–Kier alpha value is -1.88. The second-order valence-electron chi connectivity index (χ2n) is 3.33. The van der Waals surface area contributed by atoms with Crippen molar-refractivity contribution in [1.29, 1.82) is 0 Å². The molecule has 3 N–H and O–H groups in total. The van der Waals surface area contributed by atoms with Crippen LogP contribution in [0.1, 0.15) is 6.42 Å². The first-order chi connectivity index (χ1) is 7.90. The van der Waals surface area contributed by atoms with E-state index in [9.17, 15) is 0 Å². The lowest BCUT2D eigenvalue weighted by Gasteiger charge is -2.04. The van der Waals surface area contributed by atoms with Gasteiger partial charge in [0.1, 0.15) is 17.8 Å². The van der Waals surface area contributed by atoms with Crippen LogP contribution in [-0.4, -0.2) is 23.1 Å². The van der Waals surface area contributed by atoms with Gasteiger partial charge in [-0.15, -0.1) is 0 Å². The van der Waals surface area contributed by atoms with Gasteiger partial charge >= 0.3 is 0 Å². The zero-order chi connectivity index (χ0) is 11.2. The first-order valence-corrected chi connectivity index (χ1v) is 5.20. The van der Waals surface area contributed by atoms with Gasteiger partial charge in [0.25, 0.3) is 0 Å². The number of hydrogen-bond donors (Lipinski definition) is 2. The quantitative estimate of drug-likeness (QED) is 0.743. The Morgan fingerprint density at radius 1 is 1.38 bits per heavy atom. The predicted molar refractivity (Wildman–Crippen MR) is 61.9 cm³/mol. The van der Waals surface area contributed by atoms with E-state index in [2.05, 4.69) is 15.3 Å². The number of nitrogens with zero attached hydrogens (tertiary/aromatic N) is 2. The maximum absolute atomic E-state index is 5.41. The smallest absolute Gasteiger partial charge is 0.152 e. The molecule has 2 heterocycles. The van der Waals surface area contributed by atoms with E-state index in [1.54, 1.807) is 6.26 Å². The minimum Gasteiger partial charge on any atom is -0.463 e. The lowest BCUT2D eigenvalue weighted by molar-refractivity contribution is 0.580. The summed E-state index contributed by atoms with van der Waals surface area (Å²) in [4.78, 5) is 8.26. The van der Waals surface area contributed by atoms with Gasteiger partial charge in [-0.05, 0) is 25.1 Å². The molecule has 0 saturated heterocycles. The molecule has 5 nitrogen and oxygen atoms in total. The van der Waals surface area contributed by atoms with Gasteiger partial charge in [0.2, 0.25) is 0 Å². The summed E-state index contributed by atoms with van der Waals surface area (Å²) in [5, 5.41) is 3.18. The molecular weight excluding hydrogens is 204 g/mol.